The lowest BCUT2D eigenvalue weighted by Gasteiger charge is -2.08. The summed E-state index contributed by atoms with van der Waals surface area (Å²) in [6.07, 6.45) is -3.44. The van der Waals surface area contributed by atoms with E-state index in [1.807, 2.05) is 13.8 Å². The van der Waals surface area contributed by atoms with E-state index < -0.39 is 29.1 Å². The molecule has 2 rings (SSSR count). The molecule has 9 heteroatoms. The Morgan fingerprint density at radius 3 is 2.45 bits per heavy atom. The van der Waals surface area contributed by atoms with Gasteiger partial charge in [-0.05, 0) is 22.0 Å². The molecule has 0 aliphatic heterocycles. The average molecular weight is 374 g/mol. The van der Waals surface area contributed by atoms with Crippen molar-refractivity contribution in [2.45, 2.75) is 20.0 Å². The molecule has 0 amide bonds. The van der Waals surface area contributed by atoms with Crippen LogP contribution in [0.15, 0.2) is 16.7 Å². The lowest BCUT2D eigenvalue weighted by Crippen LogP contribution is -2.08. The van der Waals surface area contributed by atoms with Gasteiger partial charge < -0.3 is 5.11 Å². The molecule has 0 unspecified atom stereocenters. The van der Waals surface area contributed by atoms with Crippen LogP contribution >= 0.6 is 27.5 Å². The normalized spacial score (nSPS) is 11.2. The number of nitrogens with zero attached hydrogens (tertiary/aromatic N) is 2. The van der Waals surface area contributed by atoms with E-state index in [9.17, 15) is 18.0 Å². The van der Waals surface area contributed by atoms with Crippen LogP contribution in [0, 0.1) is 0 Å². The summed E-state index contributed by atoms with van der Waals surface area (Å²) < 4.78 is 39.3. The van der Waals surface area contributed by atoms with Gasteiger partial charge in [-0.3, -0.25) is 4.40 Å². The van der Waals surface area contributed by atoms with E-state index in [0.717, 1.165) is 10.5 Å². The Bertz CT molecular complexity index is 655. The third-order valence-electron chi connectivity index (χ3n) is 2.14. The number of hydrogen-bond donors (Lipinski definition) is 1. The van der Waals surface area contributed by atoms with Crippen molar-refractivity contribution in [2.24, 2.45) is 0 Å². The molecule has 0 aliphatic rings. The van der Waals surface area contributed by atoms with Gasteiger partial charge in [0.2, 0.25) is 0 Å². The van der Waals surface area contributed by atoms with Gasteiger partial charge in [0.15, 0.2) is 11.3 Å². The van der Waals surface area contributed by atoms with Crippen LogP contribution in [0.3, 0.4) is 0 Å². The Hall–Kier alpha value is -1.28. The number of aromatic nitrogens is 2. The molecule has 2 aromatic rings. The number of pyridine rings is 1. The van der Waals surface area contributed by atoms with Gasteiger partial charge in [0, 0.05) is 10.7 Å². The van der Waals surface area contributed by atoms with E-state index >= 15 is 0 Å². The van der Waals surface area contributed by atoms with Crippen molar-refractivity contribution in [3.63, 3.8) is 0 Å². The summed E-state index contributed by atoms with van der Waals surface area (Å²) in [6.45, 7) is 4.00. The number of aromatic carboxylic acids is 1. The van der Waals surface area contributed by atoms with Crippen LogP contribution in [0.1, 0.15) is 29.9 Å². The van der Waals surface area contributed by atoms with Gasteiger partial charge in [0.25, 0.3) is 0 Å². The Labute approximate surface area is 125 Å². The lowest BCUT2D eigenvalue weighted by molar-refractivity contribution is -0.136. The highest BCUT2D eigenvalue weighted by Gasteiger charge is 2.35. The summed E-state index contributed by atoms with van der Waals surface area (Å²) in [4.78, 5) is 14.2. The molecule has 2 heterocycles. The first-order valence-corrected chi connectivity index (χ1v) is 6.56. The van der Waals surface area contributed by atoms with Crippen LogP contribution < -0.4 is 0 Å². The van der Waals surface area contributed by atoms with Gasteiger partial charge in [0.05, 0.1) is 5.56 Å². The molecule has 0 radical (unpaired) electrons. The van der Waals surface area contributed by atoms with E-state index in [-0.39, 0.29) is 9.63 Å². The zero-order valence-corrected chi connectivity index (χ0v) is 12.6. The van der Waals surface area contributed by atoms with E-state index in [1.165, 1.54) is 6.20 Å². The first kappa shape index (κ1) is 16.8. The molecule has 0 aromatic carbocycles. The molecule has 0 fully saturated rings. The van der Waals surface area contributed by atoms with Gasteiger partial charge in [0.1, 0.15) is 5.15 Å². The van der Waals surface area contributed by atoms with Crippen molar-refractivity contribution in [1.82, 2.24) is 9.38 Å². The maximum atomic E-state index is 12.8. The van der Waals surface area contributed by atoms with Crippen molar-refractivity contribution in [3.8, 4) is 0 Å². The summed E-state index contributed by atoms with van der Waals surface area (Å²) >= 11 is 8.58. The second-order valence-corrected chi connectivity index (χ2v) is 4.59. The van der Waals surface area contributed by atoms with Crippen LogP contribution in [0.4, 0.5) is 13.2 Å². The van der Waals surface area contributed by atoms with Crippen LogP contribution in [-0.2, 0) is 6.18 Å². The topological polar surface area (TPSA) is 54.6 Å². The van der Waals surface area contributed by atoms with Gasteiger partial charge in [-0.15, -0.1) is 0 Å². The summed E-state index contributed by atoms with van der Waals surface area (Å²) in [6, 6.07) is 0.810. The largest absolute Gasteiger partial charge is 0.476 e. The quantitative estimate of drug-likeness (QED) is 0.801. The van der Waals surface area contributed by atoms with Crippen LogP contribution in [0.5, 0.6) is 0 Å². The average Bonchev–Trinajstić information content (AvgIpc) is 2.68. The minimum absolute atomic E-state index is 0.110. The standard InChI is InChI=1S/C9H3BrClF3N2O2.C2H6/c10-3-1-4(9(12,13)14)7-15-5(8(17)18)6(11)16(7)2-3;1-2/h1-2H,(H,17,18);1-2H3. The summed E-state index contributed by atoms with van der Waals surface area (Å²) in [5.41, 5.74) is -2.24. The summed E-state index contributed by atoms with van der Waals surface area (Å²) in [5.74, 6) is -1.49. The van der Waals surface area contributed by atoms with Crippen LogP contribution in [0.2, 0.25) is 5.15 Å². The maximum Gasteiger partial charge on any atom is 0.420 e. The van der Waals surface area contributed by atoms with Crippen molar-refractivity contribution in [2.75, 3.05) is 0 Å². The van der Waals surface area contributed by atoms with Crippen molar-refractivity contribution >= 4 is 39.1 Å². The molecular formula is C11H9BrClF3N2O2. The second kappa shape index (κ2) is 6.01. The second-order valence-electron chi connectivity index (χ2n) is 3.32. The highest BCUT2D eigenvalue weighted by atomic mass is 79.9. The van der Waals surface area contributed by atoms with Crippen LogP contribution in [0.25, 0.3) is 5.65 Å². The fourth-order valence-corrected chi connectivity index (χ4v) is 2.11. The smallest absolute Gasteiger partial charge is 0.420 e. The number of hydrogen-bond acceptors (Lipinski definition) is 2. The molecule has 110 valence electrons. The first-order valence-electron chi connectivity index (χ1n) is 5.39. The van der Waals surface area contributed by atoms with E-state index in [1.54, 1.807) is 0 Å². The number of halogens is 5. The predicted octanol–water partition coefficient (Wildman–Crippen LogP) is 4.49. The summed E-state index contributed by atoms with van der Waals surface area (Å²) in [7, 11) is 0. The van der Waals surface area contributed by atoms with Crippen molar-refractivity contribution in [3.05, 3.63) is 33.1 Å². The number of carboxylic acids is 1. The predicted molar refractivity (Wildman–Crippen MR) is 71.2 cm³/mol. The zero-order valence-electron chi connectivity index (χ0n) is 10.3. The maximum absolute atomic E-state index is 12.8. The van der Waals surface area contributed by atoms with E-state index in [2.05, 4.69) is 20.9 Å². The number of alkyl halides is 3. The number of carbonyl (C=O) groups is 1. The molecule has 1 N–H and O–H groups in total. The van der Waals surface area contributed by atoms with Crippen molar-refractivity contribution < 1.29 is 23.1 Å². The number of carboxylic acid groups (broad SMARTS) is 1. The molecule has 0 aliphatic carbocycles. The number of fused-ring (bicyclic) bond motifs is 1. The molecule has 4 nitrogen and oxygen atoms in total. The van der Waals surface area contributed by atoms with E-state index in [0.29, 0.717) is 0 Å². The molecule has 20 heavy (non-hydrogen) atoms. The first-order chi connectivity index (χ1) is 9.21. The third kappa shape index (κ3) is 3.06. The number of imidazole rings is 1. The Morgan fingerprint density at radius 2 is 2.00 bits per heavy atom. The third-order valence-corrected chi connectivity index (χ3v) is 2.93. The molecule has 2 aromatic heterocycles. The fraction of sp³-hybridized carbons (Fsp3) is 0.273. The van der Waals surface area contributed by atoms with Crippen LogP contribution in [-0.4, -0.2) is 20.5 Å². The lowest BCUT2D eigenvalue weighted by atomic mass is 10.2. The SMILES string of the molecule is CC.O=C(O)c1nc2c(C(F)(F)F)cc(Br)cn2c1Cl. The van der Waals surface area contributed by atoms with Crippen molar-refractivity contribution in [1.29, 1.82) is 0 Å². The van der Waals surface area contributed by atoms with Gasteiger partial charge in [-0.2, -0.15) is 13.2 Å². The monoisotopic (exact) mass is 372 g/mol. The highest BCUT2D eigenvalue weighted by molar-refractivity contribution is 9.10. The zero-order chi connectivity index (χ0) is 15.7. The molecule has 0 atom stereocenters. The fourth-order valence-electron chi connectivity index (χ4n) is 1.43. The molecule has 0 saturated heterocycles. The molecular weight excluding hydrogens is 364 g/mol. The Morgan fingerprint density at radius 1 is 1.45 bits per heavy atom. The Balaban J connectivity index is 0.000000956. The molecule has 0 bridgehead atoms. The molecule has 0 saturated carbocycles. The minimum atomic E-state index is -4.66. The minimum Gasteiger partial charge on any atom is -0.476 e. The van der Waals surface area contributed by atoms with E-state index in [4.69, 9.17) is 16.7 Å². The highest BCUT2D eigenvalue weighted by Crippen LogP contribution is 2.35. The summed E-state index contributed by atoms with van der Waals surface area (Å²) in [5, 5.41) is 8.39. The molecule has 0 spiro atoms. The van der Waals surface area contributed by atoms with Gasteiger partial charge in [-0.25, -0.2) is 9.78 Å². The van der Waals surface area contributed by atoms with Gasteiger partial charge >= 0.3 is 12.1 Å². The Kier molecular flexibility index (Phi) is 5.04. The van der Waals surface area contributed by atoms with Gasteiger partial charge in [-0.1, -0.05) is 25.4 Å². The number of rotatable bonds is 1.